The Morgan fingerprint density at radius 1 is 1.07 bits per heavy atom. The third kappa shape index (κ3) is 4.59. The molecule has 1 saturated carbocycles. The number of hydrogen-bond acceptors (Lipinski definition) is 5. The molecular weight excluding hydrogens is 371 g/mol. The van der Waals surface area contributed by atoms with Crippen molar-refractivity contribution in [3.8, 4) is 23.0 Å². The van der Waals surface area contributed by atoms with Gasteiger partial charge in [0.25, 0.3) is 0 Å². The first kappa shape index (κ1) is 19.5. The molecule has 4 rings (SSSR count). The van der Waals surface area contributed by atoms with Gasteiger partial charge in [0.2, 0.25) is 0 Å². The van der Waals surface area contributed by atoms with Gasteiger partial charge in [0.1, 0.15) is 5.75 Å². The van der Waals surface area contributed by atoms with E-state index in [-0.39, 0.29) is 5.75 Å². The van der Waals surface area contributed by atoms with Crippen LogP contribution in [-0.2, 0) is 0 Å². The van der Waals surface area contributed by atoms with Gasteiger partial charge in [-0.2, -0.15) is 0 Å². The van der Waals surface area contributed by atoms with Crippen molar-refractivity contribution in [1.82, 2.24) is 10.3 Å². The number of nitrogens with zero attached hydrogens (tertiary/aromatic N) is 1. The summed E-state index contributed by atoms with van der Waals surface area (Å²) in [5.74, 6) is 1.49. The minimum atomic E-state index is -0.417. The van der Waals surface area contributed by atoms with Crippen LogP contribution >= 0.6 is 0 Å². The van der Waals surface area contributed by atoms with Crippen LogP contribution in [0.2, 0.25) is 0 Å². The second-order valence-corrected chi connectivity index (χ2v) is 7.15. The van der Waals surface area contributed by atoms with Gasteiger partial charge >= 0.3 is 0 Å². The van der Waals surface area contributed by atoms with E-state index in [0.29, 0.717) is 35.4 Å². The Morgan fingerprint density at radius 3 is 2.69 bits per heavy atom. The molecule has 1 fully saturated rings. The second-order valence-electron chi connectivity index (χ2n) is 7.15. The van der Waals surface area contributed by atoms with Gasteiger partial charge in [-0.3, -0.25) is 4.98 Å². The molecule has 1 aromatic heterocycles. The first-order valence-electron chi connectivity index (χ1n) is 10.00. The lowest BCUT2D eigenvalue weighted by Gasteiger charge is -2.26. The molecule has 1 aliphatic rings. The van der Waals surface area contributed by atoms with E-state index in [0.717, 1.165) is 18.4 Å². The summed E-state index contributed by atoms with van der Waals surface area (Å²) < 4.78 is 31.2. The quantitative estimate of drug-likeness (QED) is 0.511. The summed E-state index contributed by atoms with van der Waals surface area (Å²) in [5, 5.41) is 4.26. The van der Waals surface area contributed by atoms with Crippen LogP contribution in [0.3, 0.4) is 0 Å². The topological polar surface area (TPSA) is 52.6 Å². The highest BCUT2D eigenvalue weighted by molar-refractivity contribution is 5.88. The lowest BCUT2D eigenvalue weighted by Crippen LogP contribution is -2.36. The predicted molar refractivity (Wildman–Crippen MR) is 111 cm³/mol. The first-order chi connectivity index (χ1) is 14.2. The van der Waals surface area contributed by atoms with Gasteiger partial charge in [-0.05, 0) is 50.1 Å². The first-order valence-corrected chi connectivity index (χ1v) is 10.00. The van der Waals surface area contributed by atoms with E-state index in [1.165, 1.54) is 25.3 Å². The lowest BCUT2D eigenvalue weighted by molar-refractivity contribution is 0.275. The van der Waals surface area contributed by atoms with E-state index in [9.17, 15) is 4.39 Å². The number of hydrogen-bond donors (Lipinski definition) is 1. The molecule has 0 atom stereocenters. The van der Waals surface area contributed by atoms with Crippen LogP contribution in [0.5, 0.6) is 23.0 Å². The summed E-state index contributed by atoms with van der Waals surface area (Å²) in [6.45, 7) is 1.53. The van der Waals surface area contributed by atoms with Crippen LogP contribution in [0.15, 0.2) is 48.7 Å². The molecule has 0 saturated heterocycles. The number of para-hydroxylation sites is 1. The molecule has 29 heavy (non-hydrogen) atoms. The Bertz CT molecular complexity index is 975. The average Bonchev–Trinajstić information content (AvgIpc) is 2.70. The number of halogens is 1. The predicted octanol–water partition coefficient (Wildman–Crippen LogP) is 5.09. The van der Waals surface area contributed by atoms with Gasteiger partial charge in [0.15, 0.2) is 23.1 Å². The van der Waals surface area contributed by atoms with E-state index in [1.54, 1.807) is 37.6 Å². The fourth-order valence-electron chi connectivity index (χ4n) is 3.31. The van der Waals surface area contributed by atoms with Gasteiger partial charge in [0.05, 0.1) is 19.2 Å². The molecule has 0 amide bonds. The van der Waals surface area contributed by atoms with Crippen molar-refractivity contribution < 1.29 is 18.6 Å². The molecule has 3 aromatic rings. The zero-order valence-corrected chi connectivity index (χ0v) is 16.5. The van der Waals surface area contributed by atoms with Crippen molar-refractivity contribution in [1.29, 1.82) is 0 Å². The second kappa shape index (κ2) is 9.09. The molecule has 0 radical (unpaired) electrons. The van der Waals surface area contributed by atoms with Crippen LogP contribution in [0.1, 0.15) is 25.7 Å². The van der Waals surface area contributed by atoms with E-state index in [2.05, 4.69) is 10.3 Å². The minimum absolute atomic E-state index is 0.165. The molecular formula is C23H25FN2O3. The molecule has 0 unspecified atom stereocenters. The van der Waals surface area contributed by atoms with E-state index >= 15 is 0 Å². The van der Waals surface area contributed by atoms with Gasteiger partial charge in [-0.25, -0.2) is 4.39 Å². The Kier molecular flexibility index (Phi) is 6.10. The van der Waals surface area contributed by atoms with Crippen LogP contribution in [-0.4, -0.2) is 31.3 Å². The zero-order valence-electron chi connectivity index (χ0n) is 16.5. The summed E-state index contributed by atoms with van der Waals surface area (Å²) in [5.41, 5.74) is 0.697. The average molecular weight is 396 g/mol. The highest BCUT2D eigenvalue weighted by Gasteiger charge is 2.16. The largest absolute Gasteiger partial charge is 0.493 e. The van der Waals surface area contributed by atoms with E-state index in [4.69, 9.17) is 14.2 Å². The van der Waals surface area contributed by atoms with Crippen LogP contribution in [0, 0.1) is 5.82 Å². The standard InChI is InChI=1S/C23H25FN2O3/c1-27-22-14-17-19(15-23(22)28-13-5-11-25-16-6-4-7-16)26-12-10-20(17)29-21-9-3-2-8-18(21)24/h2-3,8-10,12,14-16,25H,4-7,11,13H2,1H3. The third-order valence-electron chi connectivity index (χ3n) is 5.16. The number of aromatic nitrogens is 1. The van der Waals surface area contributed by atoms with Gasteiger partial charge in [-0.15, -0.1) is 0 Å². The molecule has 152 valence electrons. The molecule has 2 aromatic carbocycles. The Hall–Kier alpha value is -2.86. The summed E-state index contributed by atoms with van der Waals surface area (Å²) in [7, 11) is 1.60. The molecule has 1 heterocycles. The Morgan fingerprint density at radius 2 is 1.93 bits per heavy atom. The SMILES string of the molecule is COc1cc2c(Oc3ccccc3F)ccnc2cc1OCCCNC1CCC1. The fourth-order valence-corrected chi connectivity index (χ4v) is 3.31. The number of benzene rings is 2. The van der Waals surface area contributed by atoms with Crippen molar-refractivity contribution in [2.24, 2.45) is 0 Å². The highest BCUT2D eigenvalue weighted by atomic mass is 19.1. The number of pyridine rings is 1. The summed E-state index contributed by atoms with van der Waals surface area (Å²) in [6.07, 6.45) is 6.45. The van der Waals surface area contributed by atoms with Crippen LogP contribution in [0.4, 0.5) is 4.39 Å². The van der Waals surface area contributed by atoms with E-state index in [1.807, 2.05) is 12.1 Å². The highest BCUT2D eigenvalue weighted by Crippen LogP contribution is 2.37. The number of fused-ring (bicyclic) bond motifs is 1. The van der Waals surface area contributed by atoms with Crippen molar-refractivity contribution in [3.05, 3.63) is 54.5 Å². The molecule has 0 aliphatic heterocycles. The summed E-state index contributed by atoms with van der Waals surface area (Å²) in [4.78, 5) is 4.41. The maximum absolute atomic E-state index is 14.0. The van der Waals surface area contributed by atoms with Crippen LogP contribution in [0.25, 0.3) is 10.9 Å². The fraction of sp³-hybridized carbons (Fsp3) is 0.348. The van der Waals surface area contributed by atoms with Gasteiger partial charge in [0, 0.05) is 23.7 Å². The molecule has 6 heteroatoms. The smallest absolute Gasteiger partial charge is 0.165 e. The Labute approximate surface area is 169 Å². The Balaban J connectivity index is 1.49. The minimum Gasteiger partial charge on any atom is -0.493 e. The number of methoxy groups -OCH3 is 1. The number of rotatable bonds is 9. The molecule has 0 bridgehead atoms. The number of ether oxygens (including phenoxy) is 3. The normalized spacial score (nSPS) is 13.9. The molecule has 5 nitrogen and oxygen atoms in total. The van der Waals surface area contributed by atoms with Gasteiger partial charge < -0.3 is 19.5 Å². The third-order valence-corrected chi connectivity index (χ3v) is 5.16. The maximum atomic E-state index is 14.0. The van der Waals surface area contributed by atoms with Crippen molar-refractivity contribution >= 4 is 10.9 Å². The summed E-state index contributed by atoms with van der Waals surface area (Å²) in [6, 6.07) is 12.4. The summed E-state index contributed by atoms with van der Waals surface area (Å²) >= 11 is 0. The molecule has 0 spiro atoms. The number of nitrogens with one attached hydrogen (secondary N) is 1. The van der Waals surface area contributed by atoms with Gasteiger partial charge in [-0.1, -0.05) is 18.6 Å². The lowest BCUT2D eigenvalue weighted by atomic mass is 9.93. The zero-order chi connectivity index (χ0) is 20.1. The van der Waals surface area contributed by atoms with Crippen molar-refractivity contribution in [2.75, 3.05) is 20.3 Å². The monoisotopic (exact) mass is 396 g/mol. The van der Waals surface area contributed by atoms with E-state index < -0.39 is 5.82 Å². The maximum Gasteiger partial charge on any atom is 0.165 e. The molecule has 1 N–H and O–H groups in total. The van der Waals surface area contributed by atoms with Crippen molar-refractivity contribution in [3.63, 3.8) is 0 Å². The molecule has 1 aliphatic carbocycles. The van der Waals surface area contributed by atoms with Crippen LogP contribution < -0.4 is 19.5 Å². The van der Waals surface area contributed by atoms with Crippen molar-refractivity contribution in [2.45, 2.75) is 31.7 Å².